The Kier molecular flexibility index (Phi) is 3.14. The molecular weight excluding hydrogens is 208 g/mol. The third-order valence-electron chi connectivity index (χ3n) is 3.37. The minimum Gasteiger partial charge on any atom is -0.380 e. The van der Waals surface area contributed by atoms with Gasteiger partial charge in [-0.2, -0.15) is 0 Å². The van der Waals surface area contributed by atoms with E-state index in [-0.39, 0.29) is 11.9 Å². The summed E-state index contributed by atoms with van der Waals surface area (Å²) in [5, 5.41) is 2.84. The summed E-state index contributed by atoms with van der Waals surface area (Å²) >= 11 is 0. The van der Waals surface area contributed by atoms with E-state index < -0.39 is 5.54 Å². The molecule has 2 fully saturated rings. The van der Waals surface area contributed by atoms with Gasteiger partial charge in [0.25, 0.3) is 5.91 Å². The Morgan fingerprint density at radius 3 is 2.69 bits per heavy atom. The van der Waals surface area contributed by atoms with Gasteiger partial charge in [-0.05, 0) is 19.8 Å². The number of carbonyl (C=O) groups is 2. The van der Waals surface area contributed by atoms with Gasteiger partial charge in [0.05, 0.1) is 13.2 Å². The number of imide groups is 1. The van der Waals surface area contributed by atoms with Gasteiger partial charge in [0, 0.05) is 6.61 Å². The topological polar surface area (TPSA) is 58.6 Å². The molecule has 1 heterocycles. The van der Waals surface area contributed by atoms with Crippen molar-refractivity contribution in [2.75, 3.05) is 19.8 Å². The molecule has 0 unspecified atom stereocenters. The van der Waals surface area contributed by atoms with Crippen LogP contribution in [0.4, 0.5) is 4.79 Å². The molecule has 0 radical (unpaired) electrons. The van der Waals surface area contributed by atoms with Crippen molar-refractivity contribution < 1.29 is 14.3 Å². The molecule has 0 bridgehead atoms. The normalized spacial score (nSPS) is 23.2. The van der Waals surface area contributed by atoms with Crippen LogP contribution in [0.15, 0.2) is 0 Å². The molecule has 0 aromatic heterocycles. The Bertz CT molecular complexity index is 298. The third kappa shape index (κ3) is 1.80. The molecule has 1 saturated carbocycles. The molecule has 2 rings (SSSR count). The van der Waals surface area contributed by atoms with Gasteiger partial charge in [0.15, 0.2) is 0 Å². The first-order valence-corrected chi connectivity index (χ1v) is 5.91. The van der Waals surface area contributed by atoms with Gasteiger partial charge in [-0.3, -0.25) is 9.69 Å². The Morgan fingerprint density at radius 1 is 1.38 bits per heavy atom. The molecule has 0 atom stereocenters. The summed E-state index contributed by atoms with van der Waals surface area (Å²) < 4.78 is 5.17. The van der Waals surface area contributed by atoms with Crippen LogP contribution < -0.4 is 5.32 Å². The van der Waals surface area contributed by atoms with Crippen molar-refractivity contribution >= 4 is 11.9 Å². The fourth-order valence-electron chi connectivity index (χ4n) is 2.50. The van der Waals surface area contributed by atoms with Crippen LogP contribution in [-0.2, 0) is 9.53 Å². The minimum absolute atomic E-state index is 0.0605. The largest absolute Gasteiger partial charge is 0.380 e. The van der Waals surface area contributed by atoms with Crippen molar-refractivity contribution in [2.24, 2.45) is 0 Å². The Hall–Kier alpha value is -1.10. The van der Waals surface area contributed by atoms with Gasteiger partial charge in [-0.1, -0.05) is 12.8 Å². The maximum atomic E-state index is 12.1. The Balaban J connectivity index is 1.99. The number of hydrogen-bond donors (Lipinski definition) is 1. The smallest absolute Gasteiger partial charge is 0.325 e. The van der Waals surface area contributed by atoms with Gasteiger partial charge in [-0.15, -0.1) is 0 Å². The van der Waals surface area contributed by atoms with Crippen LogP contribution in [-0.4, -0.2) is 42.1 Å². The van der Waals surface area contributed by atoms with Crippen molar-refractivity contribution in [1.82, 2.24) is 10.2 Å². The van der Waals surface area contributed by atoms with E-state index in [1.54, 1.807) is 0 Å². The van der Waals surface area contributed by atoms with Crippen molar-refractivity contribution in [3.63, 3.8) is 0 Å². The first-order chi connectivity index (χ1) is 7.69. The monoisotopic (exact) mass is 226 g/mol. The predicted molar refractivity (Wildman–Crippen MR) is 57.9 cm³/mol. The number of amides is 3. The van der Waals surface area contributed by atoms with Crippen LogP contribution in [0.1, 0.15) is 32.6 Å². The van der Waals surface area contributed by atoms with E-state index in [0.29, 0.717) is 19.8 Å². The SMILES string of the molecule is CCOCCN1C(=O)NC2(CCCC2)C1=O. The molecule has 1 N–H and O–H groups in total. The zero-order chi connectivity index (χ0) is 11.6. The van der Waals surface area contributed by atoms with Crippen LogP contribution in [0.5, 0.6) is 0 Å². The van der Waals surface area contributed by atoms with Crippen LogP contribution >= 0.6 is 0 Å². The number of urea groups is 1. The first kappa shape index (κ1) is 11.4. The summed E-state index contributed by atoms with van der Waals surface area (Å²) in [6, 6.07) is -0.258. The van der Waals surface area contributed by atoms with Gasteiger partial charge in [-0.25, -0.2) is 4.79 Å². The second-order valence-electron chi connectivity index (χ2n) is 4.37. The summed E-state index contributed by atoms with van der Waals surface area (Å²) in [7, 11) is 0. The Morgan fingerprint density at radius 2 is 2.06 bits per heavy atom. The predicted octanol–water partition coefficient (Wildman–Crippen LogP) is 0.887. The molecule has 5 heteroatoms. The Labute approximate surface area is 95.1 Å². The van der Waals surface area contributed by atoms with E-state index in [4.69, 9.17) is 4.74 Å². The fraction of sp³-hybridized carbons (Fsp3) is 0.818. The molecule has 1 aliphatic carbocycles. The van der Waals surface area contributed by atoms with E-state index in [1.165, 1.54) is 4.90 Å². The molecule has 5 nitrogen and oxygen atoms in total. The molecular formula is C11H18N2O3. The van der Waals surface area contributed by atoms with Crippen LogP contribution in [0.3, 0.4) is 0 Å². The highest BCUT2D eigenvalue weighted by atomic mass is 16.5. The van der Waals surface area contributed by atoms with Crippen molar-refractivity contribution in [2.45, 2.75) is 38.1 Å². The second kappa shape index (κ2) is 4.41. The summed E-state index contributed by atoms with van der Waals surface area (Å²) in [4.78, 5) is 25.1. The molecule has 90 valence electrons. The van der Waals surface area contributed by atoms with Gasteiger partial charge in [0.1, 0.15) is 5.54 Å². The molecule has 1 saturated heterocycles. The molecule has 1 spiro atoms. The number of rotatable bonds is 4. The number of nitrogens with one attached hydrogen (secondary N) is 1. The third-order valence-corrected chi connectivity index (χ3v) is 3.37. The number of nitrogens with zero attached hydrogens (tertiary/aromatic N) is 1. The molecule has 0 aromatic carbocycles. The van der Waals surface area contributed by atoms with E-state index >= 15 is 0 Å². The molecule has 3 amide bonds. The summed E-state index contributed by atoms with van der Waals surface area (Å²) in [6.45, 7) is 3.28. The lowest BCUT2D eigenvalue weighted by atomic mass is 9.98. The van der Waals surface area contributed by atoms with Crippen LogP contribution in [0, 0.1) is 0 Å². The van der Waals surface area contributed by atoms with Gasteiger partial charge < -0.3 is 10.1 Å². The lowest BCUT2D eigenvalue weighted by molar-refractivity contribution is -0.131. The number of carbonyl (C=O) groups excluding carboxylic acids is 2. The molecule has 0 aromatic rings. The standard InChI is InChI=1S/C11H18N2O3/c1-2-16-8-7-13-9(14)11(12-10(13)15)5-3-4-6-11/h2-8H2,1H3,(H,12,15). The van der Waals surface area contributed by atoms with Crippen LogP contribution in [0.25, 0.3) is 0 Å². The van der Waals surface area contributed by atoms with E-state index in [9.17, 15) is 9.59 Å². The summed E-state index contributed by atoms with van der Waals surface area (Å²) in [5.41, 5.74) is -0.580. The lowest BCUT2D eigenvalue weighted by Crippen LogP contribution is -2.44. The first-order valence-electron chi connectivity index (χ1n) is 5.91. The van der Waals surface area contributed by atoms with Gasteiger partial charge in [0.2, 0.25) is 0 Å². The number of ether oxygens (including phenoxy) is 1. The fourth-order valence-corrected chi connectivity index (χ4v) is 2.50. The summed E-state index contributed by atoms with van der Waals surface area (Å²) in [6.07, 6.45) is 3.60. The van der Waals surface area contributed by atoms with E-state index in [2.05, 4.69) is 5.32 Å². The number of hydrogen-bond acceptors (Lipinski definition) is 3. The van der Waals surface area contributed by atoms with Crippen molar-refractivity contribution in [3.05, 3.63) is 0 Å². The highest BCUT2D eigenvalue weighted by molar-refractivity contribution is 6.07. The van der Waals surface area contributed by atoms with Gasteiger partial charge >= 0.3 is 6.03 Å². The van der Waals surface area contributed by atoms with E-state index in [1.807, 2.05) is 6.92 Å². The van der Waals surface area contributed by atoms with Crippen molar-refractivity contribution in [1.29, 1.82) is 0 Å². The maximum Gasteiger partial charge on any atom is 0.325 e. The minimum atomic E-state index is -0.580. The molecule has 2 aliphatic rings. The maximum absolute atomic E-state index is 12.1. The van der Waals surface area contributed by atoms with E-state index in [0.717, 1.165) is 25.7 Å². The highest BCUT2D eigenvalue weighted by Gasteiger charge is 2.52. The second-order valence-corrected chi connectivity index (χ2v) is 4.37. The quantitative estimate of drug-likeness (QED) is 0.572. The van der Waals surface area contributed by atoms with Crippen LogP contribution in [0.2, 0.25) is 0 Å². The zero-order valence-corrected chi connectivity index (χ0v) is 9.62. The molecule has 16 heavy (non-hydrogen) atoms. The summed E-state index contributed by atoms with van der Waals surface area (Å²) in [5.74, 6) is -0.0605. The molecule has 1 aliphatic heterocycles. The highest BCUT2D eigenvalue weighted by Crippen LogP contribution is 2.34. The lowest BCUT2D eigenvalue weighted by Gasteiger charge is -2.19. The average Bonchev–Trinajstić information content (AvgIpc) is 2.80. The van der Waals surface area contributed by atoms with Crippen molar-refractivity contribution in [3.8, 4) is 0 Å². The average molecular weight is 226 g/mol. The zero-order valence-electron chi connectivity index (χ0n) is 9.62.